The Balaban J connectivity index is 2.21. The second-order valence-electron chi connectivity index (χ2n) is 4.37. The predicted molar refractivity (Wildman–Crippen MR) is 64.5 cm³/mol. The van der Waals surface area contributed by atoms with Gasteiger partial charge >= 0.3 is 0 Å². The van der Waals surface area contributed by atoms with Crippen LogP contribution in [-0.2, 0) is 0 Å². The number of hydrogen-bond acceptors (Lipinski definition) is 3. The molecule has 1 aromatic rings. The van der Waals surface area contributed by atoms with Crippen molar-refractivity contribution in [3.05, 3.63) is 29.8 Å². The van der Waals surface area contributed by atoms with Crippen LogP contribution in [0.4, 0.5) is 5.69 Å². The van der Waals surface area contributed by atoms with Gasteiger partial charge in [-0.3, -0.25) is 0 Å². The van der Waals surface area contributed by atoms with Gasteiger partial charge in [-0.15, -0.1) is 0 Å². The predicted octanol–water partition coefficient (Wildman–Crippen LogP) is 1.70. The molecule has 3 nitrogen and oxygen atoms in total. The van der Waals surface area contributed by atoms with E-state index in [-0.39, 0.29) is 12.2 Å². The molecule has 1 aliphatic rings. The molecular weight excluding hydrogens is 202 g/mol. The van der Waals surface area contributed by atoms with Gasteiger partial charge in [-0.2, -0.15) is 0 Å². The molecule has 0 saturated carbocycles. The van der Waals surface area contributed by atoms with Gasteiger partial charge in [0.2, 0.25) is 0 Å². The third-order valence-electron chi connectivity index (χ3n) is 3.21. The molecule has 1 aromatic carbocycles. The highest BCUT2D eigenvalue weighted by molar-refractivity contribution is 5.56. The zero-order valence-electron chi connectivity index (χ0n) is 9.63. The zero-order valence-corrected chi connectivity index (χ0v) is 9.63. The van der Waals surface area contributed by atoms with E-state index < -0.39 is 0 Å². The number of aliphatic hydroxyl groups excluding tert-OH is 2. The van der Waals surface area contributed by atoms with Crippen LogP contribution in [0.2, 0.25) is 0 Å². The van der Waals surface area contributed by atoms with Crippen LogP contribution in [0, 0.1) is 0 Å². The number of nitrogens with zero attached hydrogens (tertiary/aromatic N) is 1. The van der Waals surface area contributed by atoms with Crippen molar-refractivity contribution in [3.8, 4) is 0 Å². The van der Waals surface area contributed by atoms with Crippen LogP contribution in [0.1, 0.15) is 31.4 Å². The topological polar surface area (TPSA) is 43.7 Å². The fraction of sp³-hybridized carbons (Fsp3) is 0.538. The lowest BCUT2D eigenvalue weighted by Gasteiger charge is -2.34. The van der Waals surface area contributed by atoms with Gasteiger partial charge < -0.3 is 15.1 Å². The molecule has 88 valence electrons. The lowest BCUT2D eigenvalue weighted by atomic mass is 9.98. The molecule has 0 amide bonds. The average molecular weight is 221 g/mol. The maximum Gasteiger partial charge on any atom is 0.0826 e. The third-order valence-corrected chi connectivity index (χ3v) is 3.21. The Labute approximate surface area is 96.3 Å². The van der Waals surface area contributed by atoms with E-state index in [1.165, 1.54) is 0 Å². The number of β-amino-alcohol motifs (C(OH)–C–C–N with tert-alkyl or cyclic N) is 1. The van der Waals surface area contributed by atoms with Crippen LogP contribution < -0.4 is 4.90 Å². The summed E-state index contributed by atoms with van der Waals surface area (Å²) in [7, 11) is 0. The highest BCUT2D eigenvalue weighted by atomic mass is 16.3. The lowest BCUT2D eigenvalue weighted by Crippen LogP contribution is -2.37. The molecule has 0 bridgehead atoms. The van der Waals surface area contributed by atoms with Crippen molar-refractivity contribution in [2.24, 2.45) is 0 Å². The van der Waals surface area contributed by atoms with Crippen molar-refractivity contribution >= 4 is 5.69 Å². The quantitative estimate of drug-likeness (QED) is 0.816. The van der Waals surface area contributed by atoms with Gasteiger partial charge in [0.1, 0.15) is 0 Å². The smallest absolute Gasteiger partial charge is 0.0826 e. The van der Waals surface area contributed by atoms with E-state index in [1.807, 2.05) is 31.2 Å². The Morgan fingerprint density at radius 3 is 2.94 bits per heavy atom. The molecule has 0 saturated heterocycles. The van der Waals surface area contributed by atoms with E-state index in [2.05, 4.69) is 4.90 Å². The molecular formula is C13H19NO2. The standard InChI is InChI=1S/C13H19NO2/c1-2-10(15)9-14-8-7-13(16)11-5-3-4-6-12(11)14/h3-6,10,13,15-16H,2,7-9H2,1H3. The molecule has 16 heavy (non-hydrogen) atoms. The van der Waals surface area contributed by atoms with Gasteiger partial charge in [-0.1, -0.05) is 25.1 Å². The molecule has 2 N–H and O–H groups in total. The summed E-state index contributed by atoms with van der Waals surface area (Å²) in [5.41, 5.74) is 2.05. The number of para-hydroxylation sites is 1. The summed E-state index contributed by atoms with van der Waals surface area (Å²) < 4.78 is 0. The summed E-state index contributed by atoms with van der Waals surface area (Å²) in [6.45, 7) is 3.45. The van der Waals surface area contributed by atoms with E-state index in [4.69, 9.17) is 0 Å². The molecule has 0 spiro atoms. The number of hydrogen-bond donors (Lipinski definition) is 2. The van der Waals surface area contributed by atoms with Crippen molar-refractivity contribution in [2.75, 3.05) is 18.0 Å². The Morgan fingerprint density at radius 2 is 2.19 bits per heavy atom. The van der Waals surface area contributed by atoms with E-state index in [0.29, 0.717) is 6.54 Å². The summed E-state index contributed by atoms with van der Waals surface area (Å²) in [6.07, 6.45) is 0.865. The highest BCUT2D eigenvalue weighted by Crippen LogP contribution is 2.33. The van der Waals surface area contributed by atoms with E-state index >= 15 is 0 Å². The molecule has 1 heterocycles. The SMILES string of the molecule is CCC(O)CN1CCC(O)c2ccccc21. The molecule has 0 aromatic heterocycles. The third kappa shape index (κ3) is 2.20. The monoisotopic (exact) mass is 221 g/mol. The van der Waals surface area contributed by atoms with Gasteiger partial charge in [-0.05, 0) is 18.9 Å². The number of anilines is 1. The number of benzene rings is 1. The fourth-order valence-corrected chi connectivity index (χ4v) is 2.18. The number of aliphatic hydroxyl groups is 2. The molecule has 0 radical (unpaired) electrons. The van der Waals surface area contributed by atoms with Crippen LogP contribution in [-0.4, -0.2) is 29.4 Å². The summed E-state index contributed by atoms with van der Waals surface area (Å²) in [5, 5.41) is 19.6. The number of fused-ring (bicyclic) bond motifs is 1. The average Bonchev–Trinajstić information content (AvgIpc) is 2.33. The molecule has 3 heteroatoms. The maximum atomic E-state index is 9.88. The first kappa shape index (κ1) is 11.4. The first-order valence-corrected chi connectivity index (χ1v) is 5.92. The maximum absolute atomic E-state index is 9.88. The summed E-state index contributed by atoms with van der Waals surface area (Å²) >= 11 is 0. The Hall–Kier alpha value is -1.06. The summed E-state index contributed by atoms with van der Waals surface area (Å²) in [4.78, 5) is 2.16. The van der Waals surface area contributed by atoms with Gasteiger partial charge in [0.25, 0.3) is 0 Å². The van der Waals surface area contributed by atoms with Crippen LogP contribution in [0.15, 0.2) is 24.3 Å². The van der Waals surface area contributed by atoms with Gasteiger partial charge in [0.15, 0.2) is 0 Å². The van der Waals surface area contributed by atoms with Crippen molar-refractivity contribution in [2.45, 2.75) is 32.0 Å². The highest BCUT2D eigenvalue weighted by Gasteiger charge is 2.23. The van der Waals surface area contributed by atoms with Crippen molar-refractivity contribution in [1.29, 1.82) is 0 Å². The van der Waals surface area contributed by atoms with Crippen LogP contribution in [0.3, 0.4) is 0 Å². The zero-order chi connectivity index (χ0) is 11.5. The first-order chi connectivity index (χ1) is 7.72. The Kier molecular flexibility index (Phi) is 3.46. The summed E-state index contributed by atoms with van der Waals surface area (Å²) in [6, 6.07) is 7.90. The number of rotatable bonds is 3. The van der Waals surface area contributed by atoms with Crippen LogP contribution in [0.25, 0.3) is 0 Å². The second kappa shape index (κ2) is 4.85. The first-order valence-electron chi connectivity index (χ1n) is 5.92. The lowest BCUT2D eigenvalue weighted by molar-refractivity contribution is 0.152. The second-order valence-corrected chi connectivity index (χ2v) is 4.37. The minimum absolute atomic E-state index is 0.289. The van der Waals surface area contributed by atoms with Gasteiger partial charge in [0.05, 0.1) is 12.2 Å². The molecule has 2 rings (SSSR count). The van der Waals surface area contributed by atoms with Crippen LogP contribution >= 0.6 is 0 Å². The van der Waals surface area contributed by atoms with Crippen molar-refractivity contribution in [1.82, 2.24) is 0 Å². The Morgan fingerprint density at radius 1 is 1.44 bits per heavy atom. The fourth-order valence-electron chi connectivity index (χ4n) is 2.18. The van der Waals surface area contributed by atoms with E-state index in [1.54, 1.807) is 0 Å². The van der Waals surface area contributed by atoms with E-state index in [9.17, 15) is 10.2 Å². The molecule has 2 unspecified atom stereocenters. The minimum atomic E-state index is -0.355. The van der Waals surface area contributed by atoms with Crippen LogP contribution in [0.5, 0.6) is 0 Å². The van der Waals surface area contributed by atoms with Gasteiger partial charge in [-0.25, -0.2) is 0 Å². The van der Waals surface area contributed by atoms with Crippen molar-refractivity contribution < 1.29 is 10.2 Å². The van der Waals surface area contributed by atoms with Gasteiger partial charge in [0, 0.05) is 24.3 Å². The Bertz CT molecular complexity index is 354. The normalized spacial score (nSPS) is 21.7. The van der Waals surface area contributed by atoms with E-state index in [0.717, 1.165) is 30.6 Å². The van der Waals surface area contributed by atoms with Crippen molar-refractivity contribution in [3.63, 3.8) is 0 Å². The molecule has 2 atom stereocenters. The molecule has 1 aliphatic heterocycles. The molecule has 0 aliphatic carbocycles. The largest absolute Gasteiger partial charge is 0.391 e. The minimum Gasteiger partial charge on any atom is -0.391 e. The molecule has 0 fully saturated rings. The summed E-state index contributed by atoms with van der Waals surface area (Å²) in [5.74, 6) is 0.